The average molecular weight is 616 g/mol. The van der Waals surface area contributed by atoms with Gasteiger partial charge in [0.1, 0.15) is 24.2 Å². The summed E-state index contributed by atoms with van der Waals surface area (Å²) in [5.41, 5.74) is 0.445. The monoisotopic (exact) mass is 615 g/mol. The SMILES string of the molecule is CCOc1ccc(N(CC(=O)N(Cc2ccccc2F)C(C)C(=O)NCC(C)C)S(=O)(=O)c2ccc(SC)cc2)cc1. The van der Waals surface area contributed by atoms with Crippen LogP contribution < -0.4 is 14.4 Å². The van der Waals surface area contributed by atoms with Gasteiger partial charge in [-0.1, -0.05) is 32.0 Å². The molecule has 8 nitrogen and oxygen atoms in total. The lowest BCUT2D eigenvalue weighted by Crippen LogP contribution is -2.51. The molecule has 0 radical (unpaired) electrons. The maximum Gasteiger partial charge on any atom is 0.264 e. The van der Waals surface area contributed by atoms with E-state index < -0.39 is 40.2 Å². The predicted molar refractivity (Wildman–Crippen MR) is 165 cm³/mol. The van der Waals surface area contributed by atoms with Gasteiger partial charge in [-0.2, -0.15) is 0 Å². The quantitative estimate of drug-likeness (QED) is 0.246. The first kappa shape index (κ1) is 32.9. The zero-order valence-corrected chi connectivity index (χ0v) is 26.2. The topological polar surface area (TPSA) is 96.0 Å². The number of nitrogens with one attached hydrogen (secondary N) is 1. The largest absolute Gasteiger partial charge is 0.494 e. The molecule has 1 atom stereocenters. The Morgan fingerprint density at radius 3 is 2.19 bits per heavy atom. The van der Waals surface area contributed by atoms with E-state index in [1.54, 1.807) is 49.4 Å². The summed E-state index contributed by atoms with van der Waals surface area (Å²) >= 11 is 1.48. The Balaban J connectivity index is 2.03. The number of carbonyl (C=O) groups excluding carboxylic acids is 2. The first-order valence-corrected chi connectivity index (χ1v) is 16.3. The summed E-state index contributed by atoms with van der Waals surface area (Å²) in [5, 5.41) is 2.81. The van der Waals surface area contributed by atoms with E-state index in [9.17, 15) is 22.4 Å². The van der Waals surface area contributed by atoms with Crippen LogP contribution in [-0.2, 0) is 26.2 Å². The summed E-state index contributed by atoms with van der Waals surface area (Å²) in [5.74, 6) is -0.893. The molecular weight excluding hydrogens is 577 g/mol. The fourth-order valence-corrected chi connectivity index (χ4v) is 5.95. The molecule has 2 amide bonds. The van der Waals surface area contributed by atoms with Crippen LogP contribution in [0, 0.1) is 11.7 Å². The fraction of sp³-hybridized carbons (Fsp3) is 0.355. The summed E-state index contributed by atoms with van der Waals surface area (Å²) in [6, 6.07) is 17.7. The van der Waals surface area contributed by atoms with Crippen LogP contribution in [0.25, 0.3) is 0 Å². The molecule has 0 saturated carbocycles. The van der Waals surface area contributed by atoms with Crippen molar-refractivity contribution in [3.05, 3.63) is 84.2 Å². The highest BCUT2D eigenvalue weighted by molar-refractivity contribution is 7.98. The lowest BCUT2D eigenvalue weighted by molar-refractivity contribution is -0.139. The van der Waals surface area contributed by atoms with Gasteiger partial charge in [0.2, 0.25) is 11.8 Å². The van der Waals surface area contributed by atoms with E-state index in [1.807, 2.05) is 27.0 Å². The van der Waals surface area contributed by atoms with Gasteiger partial charge in [-0.25, -0.2) is 12.8 Å². The first-order chi connectivity index (χ1) is 20.0. The molecule has 226 valence electrons. The Hall–Kier alpha value is -3.57. The van der Waals surface area contributed by atoms with Crippen molar-refractivity contribution in [2.45, 2.75) is 50.1 Å². The smallest absolute Gasteiger partial charge is 0.264 e. The van der Waals surface area contributed by atoms with Gasteiger partial charge in [-0.15, -0.1) is 11.8 Å². The van der Waals surface area contributed by atoms with Crippen molar-refractivity contribution in [2.24, 2.45) is 5.92 Å². The third-order valence-corrected chi connectivity index (χ3v) is 9.04. The number of hydrogen-bond acceptors (Lipinski definition) is 6. The van der Waals surface area contributed by atoms with E-state index in [2.05, 4.69) is 5.32 Å². The van der Waals surface area contributed by atoms with Gasteiger partial charge in [0, 0.05) is 23.5 Å². The van der Waals surface area contributed by atoms with Crippen molar-refractivity contribution in [1.82, 2.24) is 10.2 Å². The van der Waals surface area contributed by atoms with Gasteiger partial charge in [0.15, 0.2) is 0 Å². The number of carbonyl (C=O) groups is 2. The zero-order valence-electron chi connectivity index (χ0n) is 24.5. The Morgan fingerprint density at radius 2 is 1.62 bits per heavy atom. The molecule has 0 saturated heterocycles. The van der Waals surface area contributed by atoms with Crippen molar-refractivity contribution in [3.8, 4) is 5.75 Å². The standard InChI is InChI=1S/C31H38FN3O5S2/c1-6-40-26-13-11-25(12-14-26)35(42(38,39)28-17-15-27(41-5)16-18-28)21-30(36)34(20-24-9-7-8-10-29(24)32)23(4)31(37)33-19-22(2)3/h7-18,22-23H,6,19-21H2,1-5H3,(H,33,37). The van der Waals surface area contributed by atoms with Crippen LogP contribution in [-0.4, -0.2) is 57.1 Å². The second-order valence-corrected chi connectivity index (χ2v) is 12.8. The summed E-state index contributed by atoms with van der Waals surface area (Å²) < 4.78 is 49.1. The third-order valence-electron chi connectivity index (χ3n) is 6.51. The average Bonchev–Trinajstić information content (AvgIpc) is 2.98. The molecule has 3 aromatic rings. The van der Waals surface area contributed by atoms with E-state index in [1.165, 1.54) is 47.0 Å². The number of nitrogens with zero attached hydrogens (tertiary/aromatic N) is 2. The van der Waals surface area contributed by atoms with Crippen LogP contribution in [0.5, 0.6) is 5.75 Å². The Bertz CT molecular complexity index is 1450. The van der Waals surface area contributed by atoms with Gasteiger partial charge in [0.25, 0.3) is 10.0 Å². The van der Waals surface area contributed by atoms with Crippen LogP contribution in [0.1, 0.15) is 33.3 Å². The Kier molecular flexibility index (Phi) is 11.8. The number of ether oxygens (including phenoxy) is 1. The van der Waals surface area contributed by atoms with Crippen LogP contribution in [0.3, 0.4) is 0 Å². The maximum atomic E-state index is 14.7. The van der Waals surface area contributed by atoms with E-state index in [4.69, 9.17) is 4.74 Å². The molecule has 0 fully saturated rings. The molecule has 1 N–H and O–H groups in total. The van der Waals surface area contributed by atoms with Gasteiger partial charge < -0.3 is 15.0 Å². The van der Waals surface area contributed by atoms with Crippen LogP contribution in [0.4, 0.5) is 10.1 Å². The van der Waals surface area contributed by atoms with Crippen molar-refractivity contribution < 1.29 is 27.1 Å². The summed E-state index contributed by atoms with van der Waals surface area (Å²) in [7, 11) is -4.22. The lowest BCUT2D eigenvalue weighted by atomic mass is 10.1. The van der Waals surface area contributed by atoms with Crippen LogP contribution in [0.15, 0.2) is 82.6 Å². The van der Waals surface area contributed by atoms with Crippen LogP contribution in [0.2, 0.25) is 0 Å². The van der Waals surface area contributed by atoms with Crippen molar-refractivity contribution in [2.75, 3.05) is 30.3 Å². The van der Waals surface area contributed by atoms with Gasteiger partial charge in [-0.3, -0.25) is 13.9 Å². The number of sulfonamides is 1. The second kappa shape index (κ2) is 15.1. The first-order valence-electron chi connectivity index (χ1n) is 13.7. The predicted octanol–water partition coefficient (Wildman–Crippen LogP) is 5.33. The number of rotatable bonds is 14. The fourth-order valence-electron chi connectivity index (χ4n) is 4.12. The molecule has 0 aliphatic carbocycles. The van der Waals surface area contributed by atoms with Crippen molar-refractivity contribution >= 4 is 39.3 Å². The van der Waals surface area contributed by atoms with Crippen LogP contribution >= 0.6 is 11.8 Å². The van der Waals surface area contributed by atoms with Crippen molar-refractivity contribution in [1.29, 1.82) is 0 Å². The summed E-state index contributed by atoms with van der Waals surface area (Å²) in [6.07, 6.45) is 1.89. The second-order valence-electron chi connectivity index (χ2n) is 10.0. The molecule has 11 heteroatoms. The highest BCUT2D eigenvalue weighted by Gasteiger charge is 2.33. The summed E-state index contributed by atoms with van der Waals surface area (Å²) in [6.45, 7) is 7.26. The molecule has 0 aliphatic heterocycles. The number of halogens is 1. The highest BCUT2D eigenvalue weighted by Crippen LogP contribution is 2.28. The molecule has 42 heavy (non-hydrogen) atoms. The molecular formula is C31H38FN3O5S2. The Morgan fingerprint density at radius 1 is 0.976 bits per heavy atom. The van der Waals surface area contributed by atoms with Crippen molar-refractivity contribution in [3.63, 3.8) is 0 Å². The van der Waals surface area contributed by atoms with E-state index in [0.29, 0.717) is 18.9 Å². The van der Waals surface area contributed by atoms with E-state index in [0.717, 1.165) is 9.20 Å². The zero-order chi connectivity index (χ0) is 30.9. The molecule has 0 spiro atoms. The van der Waals surface area contributed by atoms with E-state index >= 15 is 0 Å². The minimum absolute atomic E-state index is 0.00497. The molecule has 3 aromatic carbocycles. The molecule has 0 heterocycles. The number of thioether (sulfide) groups is 1. The Labute approximate surface area is 252 Å². The molecule has 3 rings (SSSR count). The van der Waals surface area contributed by atoms with Gasteiger partial charge in [0.05, 0.1) is 17.2 Å². The lowest BCUT2D eigenvalue weighted by Gasteiger charge is -2.32. The number of amides is 2. The third kappa shape index (κ3) is 8.48. The molecule has 0 aliphatic rings. The van der Waals surface area contributed by atoms with Gasteiger partial charge >= 0.3 is 0 Å². The van der Waals surface area contributed by atoms with E-state index in [-0.39, 0.29) is 28.6 Å². The number of benzene rings is 3. The highest BCUT2D eigenvalue weighted by atomic mass is 32.2. The van der Waals surface area contributed by atoms with Gasteiger partial charge in [-0.05, 0) is 80.6 Å². The molecule has 0 bridgehead atoms. The maximum absolute atomic E-state index is 14.7. The normalized spacial score (nSPS) is 12.1. The summed E-state index contributed by atoms with van der Waals surface area (Å²) in [4.78, 5) is 29.1. The molecule has 1 unspecified atom stereocenters. The minimum Gasteiger partial charge on any atom is -0.494 e. The minimum atomic E-state index is -4.22. The molecule has 0 aromatic heterocycles. The number of hydrogen-bond donors (Lipinski definition) is 1. The number of anilines is 1.